The first-order valence-electron chi connectivity index (χ1n) is 8.94. The van der Waals surface area contributed by atoms with E-state index < -0.39 is 0 Å². The van der Waals surface area contributed by atoms with E-state index >= 15 is 0 Å². The first-order chi connectivity index (χ1) is 12.8. The molecule has 0 aliphatic rings. The van der Waals surface area contributed by atoms with Gasteiger partial charge < -0.3 is 15.2 Å². The molecular formula is C21H24N4O2. The Hall–Kier alpha value is -3.15. The molecule has 6 heteroatoms. The molecule has 6 nitrogen and oxygen atoms in total. The van der Waals surface area contributed by atoms with Gasteiger partial charge in [-0.05, 0) is 56.2 Å². The normalized spacial score (nSPS) is 12.0. The molecule has 2 N–H and O–H groups in total. The number of para-hydroxylation sites is 2. The predicted octanol–water partition coefficient (Wildman–Crippen LogP) is 3.49. The molecule has 0 spiro atoms. The fourth-order valence-electron chi connectivity index (χ4n) is 3.12. The fraction of sp³-hybridized carbons (Fsp3) is 0.286. The highest BCUT2D eigenvalue weighted by Gasteiger charge is 2.19. The molecule has 3 aromatic rings. The largest absolute Gasteiger partial charge is 0.347 e. The number of benzene rings is 2. The number of aryl methyl sites for hydroxylation is 2. The van der Waals surface area contributed by atoms with Gasteiger partial charge in [-0.3, -0.25) is 9.59 Å². The maximum absolute atomic E-state index is 12.7. The molecule has 0 bridgehead atoms. The number of aromatic nitrogens is 2. The van der Waals surface area contributed by atoms with Crippen LogP contribution in [-0.4, -0.2) is 21.4 Å². The van der Waals surface area contributed by atoms with Gasteiger partial charge in [0, 0.05) is 12.6 Å². The first kappa shape index (κ1) is 18.6. The highest BCUT2D eigenvalue weighted by Crippen LogP contribution is 2.21. The fourth-order valence-corrected chi connectivity index (χ4v) is 3.12. The maximum atomic E-state index is 12.7. The second-order valence-electron chi connectivity index (χ2n) is 6.81. The number of carbonyl (C=O) groups excluding carboxylic acids is 2. The molecule has 0 aliphatic carbocycles. The Labute approximate surface area is 158 Å². The van der Waals surface area contributed by atoms with Crippen LogP contribution in [0, 0.1) is 13.8 Å². The average molecular weight is 364 g/mol. The minimum absolute atomic E-state index is 0.118. The van der Waals surface area contributed by atoms with Crippen LogP contribution in [-0.2, 0) is 16.1 Å². The summed E-state index contributed by atoms with van der Waals surface area (Å²) in [5.41, 5.74) is 4.73. The molecule has 0 radical (unpaired) electrons. The lowest BCUT2D eigenvalue weighted by atomic mass is 10.1. The van der Waals surface area contributed by atoms with Crippen LogP contribution in [0.4, 0.5) is 5.69 Å². The van der Waals surface area contributed by atoms with Crippen LogP contribution in [0.2, 0.25) is 0 Å². The molecule has 0 saturated heterocycles. The quantitative estimate of drug-likeness (QED) is 0.728. The third-order valence-corrected chi connectivity index (χ3v) is 4.58. The average Bonchev–Trinajstić information content (AvgIpc) is 2.96. The summed E-state index contributed by atoms with van der Waals surface area (Å²) in [4.78, 5) is 28.7. The predicted molar refractivity (Wildman–Crippen MR) is 107 cm³/mol. The Kier molecular flexibility index (Phi) is 5.26. The van der Waals surface area contributed by atoms with Crippen LogP contribution < -0.4 is 10.6 Å². The second-order valence-corrected chi connectivity index (χ2v) is 6.81. The van der Waals surface area contributed by atoms with Crippen molar-refractivity contribution in [3.05, 3.63) is 59.4 Å². The molecule has 1 heterocycles. The third kappa shape index (κ3) is 4.16. The summed E-state index contributed by atoms with van der Waals surface area (Å²) >= 11 is 0. The summed E-state index contributed by atoms with van der Waals surface area (Å²) in [5, 5.41) is 5.79. The zero-order chi connectivity index (χ0) is 19.6. The van der Waals surface area contributed by atoms with E-state index in [1.54, 1.807) is 0 Å². The van der Waals surface area contributed by atoms with Gasteiger partial charge in [-0.2, -0.15) is 0 Å². The Morgan fingerprint density at radius 3 is 2.56 bits per heavy atom. The molecule has 1 unspecified atom stereocenters. The Balaban J connectivity index is 1.89. The van der Waals surface area contributed by atoms with Gasteiger partial charge in [-0.15, -0.1) is 0 Å². The summed E-state index contributed by atoms with van der Waals surface area (Å²) in [6.07, 6.45) is 0. The van der Waals surface area contributed by atoms with E-state index in [2.05, 4.69) is 15.6 Å². The van der Waals surface area contributed by atoms with E-state index in [4.69, 9.17) is 0 Å². The van der Waals surface area contributed by atoms with E-state index in [-0.39, 0.29) is 24.4 Å². The van der Waals surface area contributed by atoms with Crippen molar-refractivity contribution in [3.8, 4) is 0 Å². The molecule has 3 rings (SSSR count). The van der Waals surface area contributed by atoms with Crippen LogP contribution in [0.3, 0.4) is 0 Å². The summed E-state index contributed by atoms with van der Waals surface area (Å²) in [6.45, 7) is 7.50. The standard InChI is InChI=1S/C21H24N4O2/c1-13-9-10-17(11-14(13)2)23-20(27)12-25-19-8-6-5-7-18(19)24-21(25)15(3)22-16(4)26/h5-11,15H,12H2,1-4H3,(H,22,26)(H,23,27). The molecule has 2 amide bonds. The number of rotatable bonds is 5. The molecule has 27 heavy (non-hydrogen) atoms. The van der Waals surface area contributed by atoms with Gasteiger partial charge in [0.25, 0.3) is 0 Å². The Morgan fingerprint density at radius 1 is 1.11 bits per heavy atom. The van der Waals surface area contributed by atoms with Crippen molar-refractivity contribution in [1.82, 2.24) is 14.9 Å². The third-order valence-electron chi connectivity index (χ3n) is 4.58. The molecule has 140 valence electrons. The van der Waals surface area contributed by atoms with E-state index in [1.807, 2.05) is 67.8 Å². The number of nitrogens with zero attached hydrogens (tertiary/aromatic N) is 2. The van der Waals surface area contributed by atoms with Gasteiger partial charge in [-0.25, -0.2) is 4.98 Å². The summed E-state index contributed by atoms with van der Waals surface area (Å²) in [7, 11) is 0. The lowest BCUT2D eigenvalue weighted by molar-refractivity contribution is -0.119. The molecule has 0 aliphatic heterocycles. The monoisotopic (exact) mass is 364 g/mol. The Bertz CT molecular complexity index is 1010. The van der Waals surface area contributed by atoms with Gasteiger partial charge in [0.15, 0.2) is 0 Å². The van der Waals surface area contributed by atoms with Crippen molar-refractivity contribution in [3.63, 3.8) is 0 Å². The number of hydrogen-bond acceptors (Lipinski definition) is 3. The molecule has 0 fully saturated rings. The van der Waals surface area contributed by atoms with Crippen LogP contribution >= 0.6 is 0 Å². The molecular weight excluding hydrogens is 340 g/mol. The number of hydrogen-bond donors (Lipinski definition) is 2. The molecule has 1 atom stereocenters. The zero-order valence-corrected chi connectivity index (χ0v) is 16.0. The molecule has 1 aromatic heterocycles. The van der Waals surface area contributed by atoms with Crippen molar-refractivity contribution < 1.29 is 9.59 Å². The summed E-state index contributed by atoms with van der Waals surface area (Å²) in [6, 6.07) is 13.2. The summed E-state index contributed by atoms with van der Waals surface area (Å²) < 4.78 is 1.85. The number of carbonyl (C=O) groups is 2. The Morgan fingerprint density at radius 2 is 1.85 bits per heavy atom. The number of nitrogens with one attached hydrogen (secondary N) is 2. The number of amides is 2. The van der Waals surface area contributed by atoms with Crippen molar-refractivity contribution >= 4 is 28.5 Å². The molecule has 0 saturated carbocycles. The number of imidazole rings is 1. The SMILES string of the molecule is CC(=O)NC(C)c1nc2ccccc2n1CC(=O)Nc1ccc(C)c(C)c1. The zero-order valence-electron chi connectivity index (χ0n) is 16.0. The van der Waals surface area contributed by atoms with Gasteiger partial charge in [0.2, 0.25) is 11.8 Å². The lowest BCUT2D eigenvalue weighted by Gasteiger charge is -2.15. The van der Waals surface area contributed by atoms with E-state index in [1.165, 1.54) is 12.5 Å². The van der Waals surface area contributed by atoms with Crippen molar-refractivity contribution in [2.45, 2.75) is 40.3 Å². The minimum atomic E-state index is -0.302. The van der Waals surface area contributed by atoms with Crippen LogP contribution in [0.25, 0.3) is 11.0 Å². The highest BCUT2D eigenvalue weighted by molar-refractivity contribution is 5.92. The van der Waals surface area contributed by atoms with Gasteiger partial charge in [0.1, 0.15) is 12.4 Å². The van der Waals surface area contributed by atoms with Gasteiger partial charge in [0.05, 0.1) is 17.1 Å². The highest BCUT2D eigenvalue weighted by atomic mass is 16.2. The van der Waals surface area contributed by atoms with E-state index in [9.17, 15) is 9.59 Å². The van der Waals surface area contributed by atoms with Crippen molar-refractivity contribution in [2.75, 3.05) is 5.32 Å². The van der Waals surface area contributed by atoms with Gasteiger partial charge in [-0.1, -0.05) is 18.2 Å². The summed E-state index contributed by atoms with van der Waals surface area (Å²) in [5.74, 6) is 0.375. The number of anilines is 1. The van der Waals surface area contributed by atoms with E-state index in [0.717, 1.165) is 22.3 Å². The maximum Gasteiger partial charge on any atom is 0.244 e. The smallest absolute Gasteiger partial charge is 0.244 e. The second kappa shape index (κ2) is 7.61. The van der Waals surface area contributed by atoms with Crippen LogP contribution in [0.5, 0.6) is 0 Å². The topological polar surface area (TPSA) is 76.0 Å². The van der Waals surface area contributed by atoms with Gasteiger partial charge >= 0.3 is 0 Å². The van der Waals surface area contributed by atoms with Crippen molar-refractivity contribution in [1.29, 1.82) is 0 Å². The molecule has 2 aromatic carbocycles. The van der Waals surface area contributed by atoms with E-state index in [0.29, 0.717) is 5.82 Å². The van der Waals surface area contributed by atoms with Crippen LogP contribution in [0.1, 0.15) is 36.8 Å². The lowest BCUT2D eigenvalue weighted by Crippen LogP contribution is -2.28. The first-order valence-corrected chi connectivity index (χ1v) is 8.94. The van der Waals surface area contributed by atoms with Crippen molar-refractivity contribution in [2.24, 2.45) is 0 Å². The minimum Gasteiger partial charge on any atom is -0.347 e. The van der Waals surface area contributed by atoms with Crippen LogP contribution in [0.15, 0.2) is 42.5 Å². The number of fused-ring (bicyclic) bond motifs is 1.